The van der Waals surface area contributed by atoms with E-state index in [2.05, 4.69) is 4.90 Å². The Morgan fingerprint density at radius 2 is 2.07 bits per heavy atom. The third-order valence-corrected chi connectivity index (χ3v) is 3.59. The molecule has 1 aliphatic heterocycles. The van der Waals surface area contributed by atoms with Crippen LogP contribution in [-0.2, 0) is 0 Å². The Morgan fingerprint density at radius 3 is 2.67 bits per heavy atom. The predicted octanol–water partition coefficient (Wildman–Crippen LogP) is 1.88. The van der Waals surface area contributed by atoms with Gasteiger partial charge >= 0.3 is 0 Å². The molecule has 0 radical (unpaired) electrons. The zero-order valence-corrected chi connectivity index (χ0v) is 8.99. The fourth-order valence-electron chi connectivity index (χ4n) is 2.35. The highest BCUT2D eigenvalue weighted by Crippen LogP contribution is 2.54. The first kappa shape index (κ1) is 8.89. The molecule has 1 aliphatic carbocycles. The van der Waals surface area contributed by atoms with Crippen LogP contribution >= 0.6 is 0 Å². The summed E-state index contributed by atoms with van der Waals surface area (Å²) >= 11 is 0. The summed E-state index contributed by atoms with van der Waals surface area (Å²) in [5.41, 5.74) is 8.61. The van der Waals surface area contributed by atoms with Crippen molar-refractivity contribution < 1.29 is 4.74 Å². The number of methoxy groups -OCH3 is 1. The van der Waals surface area contributed by atoms with E-state index < -0.39 is 0 Å². The van der Waals surface area contributed by atoms with Gasteiger partial charge in [0.1, 0.15) is 5.75 Å². The first-order valence-electron chi connectivity index (χ1n) is 5.41. The molecule has 0 aromatic heterocycles. The van der Waals surface area contributed by atoms with Gasteiger partial charge in [-0.25, -0.2) is 0 Å². The Labute approximate surface area is 89.8 Å². The van der Waals surface area contributed by atoms with Crippen molar-refractivity contribution in [3.63, 3.8) is 0 Å². The van der Waals surface area contributed by atoms with Crippen LogP contribution in [0.4, 0.5) is 11.4 Å². The second kappa shape index (κ2) is 2.81. The lowest BCUT2D eigenvalue weighted by atomic mass is 9.95. The maximum Gasteiger partial charge on any atom is 0.121 e. The summed E-state index contributed by atoms with van der Waals surface area (Å²) in [5, 5.41) is 0. The van der Waals surface area contributed by atoms with Gasteiger partial charge in [0.05, 0.1) is 18.5 Å². The van der Waals surface area contributed by atoms with Gasteiger partial charge in [-0.2, -0.15) is 0 Å². The normalized spacial score (nSPS) is 21.3. The number of anilines is 2. The number of nitrogens with two attached hydrogens (primary N) is 1. The van der Waals surface area contributed by atoms with Crippen molar-refractivity contribution in [3.05, 3.63) is 18.2 Å². The van der Waals surface area contributed by atoms with Gasteiger partial charge in [0.2, 0.25) is 0 Å². The Bertz CT molecular complexity index is 391. The predicted molar refractivity (Wildman–Crippen MR) is 61.3 cm³/mol. The minimum absolute atomic E-state index is 0.662. The van der Waals surface area contributed by atoms with E-state index in [0.717, 1.165) is 17.1 Å². The molecule has 1 heterocycles. The number of hydrogen-bond acceptors (Lipinski definition) is 3. The zero-order valence-electron chi connectivity index (χ0n) is 8.99. The van der Waals surface area contributed by atoms with Gasteiger partial charge in [0.25, 0.3) is 0 Å². The quantitative estimate of drug-likeness (QED) is 0.747. The molecule has 2 fully saturated rings. The van der Waals surface area contributed by atoms with E-state index in [-0.39, 0.29) is 0 Å². The fourth-order valence-corrected chi connectivity index (χ4v) is 2.35. The van der Waals surface area contributed by atoms with Crippen LogP contribution in [0.2, 0.25) is 0 Å². The number of nitrogens with zero attached hydrogens (tertiary/aromatic N) is 1. The Kier molecular flexibility index (Phi) is 1.67. The third kappa shape index (κ3) is 1.34. The van der Waals surface area contributed by atoms with E-state index in [0.29, 0.717) is 5.41 Å². The van der Waals surface area contributed by atoms with Gasteiger partial charge < -0.3 is 15.4 Å². The second-order valence-electron chi connectivity index (χ2n) is 4.78. The van der Waals surface area contributed by atoms with Crippen molar-refractivity contribution in [1.82, 2.24) is 0 Å². The van der Waals surface area contributed by atoms with Crippen LogP contribution < -0.4 is 15.4 Å². The van der Waals surface area contributed by atoms with Gasteiger partial charge in [-0.1, -0.05) is 0 Å². The van der Waals surface area contributed by atoms with E-state index in [4.69, 9.17) is 10.5 Å². The molecule has 2 N–H and O–H groups in total. The van der Waals surface area contributed by atoms with Crippen LogP contribution in [0.5, 0.6) is 5.75 Å². The Balaban J connectivity index is 1.84. The fraction of sp³-hybridized carbons (Fsp3) is 0.500. The molecule has 1 spiro atoms. The average molecular weight is 204 g/mol. The number of nitrogen functional groups attached to an aromatic ring is 1. The van der Waals surface area contributed by atoms with Crippen molar-refractivity contribution in [2.75, 3.05) is 30.8 Å². The number of benzene rings is 1. The van der Waals surface area contributed by atoms with Gasteiger partial charge in [0, 0.05) is 24.6 Å². The smallest absolute Gasteiger partial charge is 0.121 e. The van der Waals surface area contributed by atoms with E-state index in [9.17, 15) is 0 Å². The van der Waals surface area contributed by atoms with E-state index in [1.807, 2.05) is 18.2 Å². The molecule has 1 saturated carbocycles. The van der Waals surface area contributed by atoms with E-state index in [1.54, 1.807) is 7.11 Å². The van der Waals surface area contributed by atoms with Crippen molar-refractivity contribution in [2.45, 2.75) is 12.8 Å². The van der Waals surface area contributed by atoms with Crippen LogP contribution in [0.1, 0.15) is 12.8 Å². The van der Waals surface area contributed by atoms with Gasteiger partial charge in [-0.15, -0.1) is 0 Å². The van der Waals surface area contributed by atoms with Crippen molar-refractivity contribution in [1.29, 1.82) is 0 Å². The largest absolute Gasteiger partial charge is 0.497 e. The SMILES string of the molecule is COc1ccc(N)c(N2CC3(CC3)C2)c1. The van der Waals surface area contributed by atoms with Crippen LogP contribution in [0.3, 0.4) is 0 Å². The van der Waals surface area contributed by atoms with Crippen LogP contribution in [0.15, 0.2) is 18.2 Å². The molecule has 3 heteroatoms. The molecule has 0 atom stereocenters. The minimum Gasteiger partial charge on any atom is -0.497 e. The molecule has 80 valence electrons. The number of rotatable bonds is 2. The molecule has 0 amide bonds. The summed E-state index contributed by atoms with van der Waals surface area (Å²) in [4.78, 5) is 2.35. The number of ether oxygens (including phenoxy) is 1. The highest BCUT2D eigenvalue weighted by Gasteiger charge is 2.52. The van der Waals surface area contributed by atoms with Gasteiger partial charge in [0.15, 0.2) is 0 Å². The van der Waals surface area contributed by atoms with Crippen molar-refractivity contribution in [3.8, 4) is 5.75 Å². The summed E-state index contributed by atoms with van der Waals surface area (Å²) in [6, 6.07) is 5.86. The van der Waals surface area contributed by atoms with Crippen LogP contribution in [0.25, 0.3) is 0 Å². The van der Waals surface area contributed by atoms with Crippen molar-refractivity contribution >= 4 is 11.4 Å². The molecule has 1 saturated heterocycles. The first-order valence-corrected chi connectivity index (χ1v) is 5.41. The molecule has 0 bridgehead atoms. The summed E-state index contributed by atoms with van der Waals surface area (Å²) in [7, 11) is 1.69. The molecule has 0 unspecified atom stereocenters. The summed E-state index contributed by atoms with van der Waals surface area (Å²) in [6.07, 6.45) is 2.79. The second-order valence-corrected chi connectivity index (χ2v) is 4.78. The molecule has 3 nitrogen and oxygen atoms in total. The molecule has 2 aliphatic rings. The van der Waals surface area contributed by atoms with Crippen molar-refractivity contribution in [2.24, 2.45) is 5.41 Å². The Hall–Kier alpha value is -1.38. The summed E-state index contributed by atoms with van der Waals surface area (Å²) in [6.45, 7) is 2.34. The number of hydrogen-bond donors (Lipinski definition) is 1. The topological polar surface area (TPSA) is 38.5 Å². The van der Waals surface area contributed by atoms with Gasteiger partial charge in [-0.3, -0.25) is 0 Å². The van der Waals surface area contributed by atoms with Gasteiger partial charge in [-0.05, 0) is 25.0 Å². The lowest BCUT2D eigenvalue weighted by Gasteiger charge is -2.42. The standard InChI is InChI=1S/C12H16N2O/c1-15-9-2-3-10(13)11(6-9)14-7-12(8-14)4-5-12/h2-3,6H,4-5,7-8,13H2,1H3. The first-order chi connectivity index (χ1) is 7.22. The minimum atomic E-state index is 0.662. The summed E-state index contributed by atoms with van der Waals surface area (Å²) in [5.74, 6) is 0.885. The Morgan fingerprint density at radius 1 is 1.33 bits per heavy atom. The monoisotopic (exact) mass is 204 g/mol. The molecular weight excluding hydrogens is 188 g/mol. The molecule has 3 rings (SSSR count). The summed E-state index contributed by atoms with van der Waals surface area (Å²) < 4.78 is 5.21. The molecule has 1 aromatic carbocycles. The average Bonchev–Trinajstić information content (AvgIpc) is 2.96. The molecular formula is C12H16N2O. The lowest BCUT2D eigenvalue weighted by Crippen LogP contribution is -2.48. The van der Waals surface area contributed by atoms with E-state index in [1.165, 1.54) is 25.9 Å². The third-order valence-electron chi connectivity index (χ3n) is 3.59. The maximum absolute atomic E-state index is 5.97. The van der Waals surface area contributed by atoms with Crippen LogP contribution in [-0.4, -0.2) is 20.2 Å². The zero-order chi connectivity index (χ0) is 10.5. The molecule has 1 aromatic rings. The van der Waals surface area contributed by atoms with E-state index >= 15 is 0 Å². The highest BCUT2D eigenvalue weighted by atomic mass is 16.5. The highest BCUT2D eigenvalue weighted by molar-refractivity contribution is 5.71. The maximum atomic E-state index is 5.97. The van der Waals surface area contributed by atoms with Crippen LogP contribution in [0, 0.1) is 5.41 Å². The molecule has 15 heavy (non-hydrogen) atoms. The lowest BCUT2D eigenvalue weighted by molar-refractivity contribution is 0.385.